The van der Waals surface area contributed by atoms with Crippen LogP contribution in [-0.4, -0.2) is 43.2 Å². The summed E-state index contributed by atoms with van der Waals surface area (Å²) in [4.78, 5) is 37.3. The first kappa shape index (κ1) is 17.0. The number of aliphatic carboxylic acids is 1. The van der Waals surface area contributed by atoms with Crippen LogP contribution in [0.4, 0.5) is 5.82 Å². The molecule has 0 spiro atoms. The minimum absolute atomic E-state index is 0.0860. The molecule has 0 bridgehead atoms. The highest BCUT2D eigenvalue weighted by Crippen LogP contribution is 2.23. The minimum Gasteiger partial charge on any atom is -0.492 e. The molecule has 0 saturated heterocycles. The fraction of sp³-hybridized carbons (Fsp3) is 0.125. The van der Waals surface area contributed by atoms with Gasteiger partial charge < -0.3 is 26.2 Å². The number of hydrogen-bond donors (Lipinski definition) is 5. The summed E-state index contributed by atoms with van der Waals surface area (Å²) in [5.41, 5.74) is 5.93. The van der Waals surface area contributed by atoms with Gasteiger partial charge in [0.15, 0.2) is 11.4 Å². The number of nitrogens with two attached hydrogens (primary N) is 1. The van der Waals surface area contributed by atoms with Gasteiger partial charge in [0.2, 0.25) is 5.88 Å². The number of nitrogens with one attached hydrogen (secondary N) is 2. The zero-order chi connectivity index (χ0) is 18.8. The average Bonchev–Trinajstić information content (AvgIpc) is 2.90. The monoisotopic (exact) mass is 357 g/mol. The lowest BCUT2D eigenvalue weighted by atomic mass is 10.1. The highest BCUT2D eigenvalue weighted by atomic mass is 16.4. The van der Waals surface area contributed by atoms with Gasteiger partial charge >= 0.3 is 5.97 Å². The van der Waals surface area contributed by atoms with E-state index < -0.39 is 35.4 Å². The van der Waals surface area contributed by atoms with E-state index >= 15 is 0 Å². The van der Waals surface area contributed by atoms with Gasteiger partial charge in [-0.1, -0.05) is 30.3 Å². The zero-order valence-corrected chi connectivity index (χ0v) is 13.4. The molecule has 0 aliphatic carbocycles. The van der Waals surface area contributed by atoms with Gasteiger partial charge in [0.25, 0.3) is 11.5 Å². The van der Waals surface area contributed by atoms with Gasteiger partial charge in [0.05, 0.1) is 0 Å². The van der Waals surface area contributed by atoms with E-state index in [2.05, 4.69) is 10.1 Å². The molecule has 2 heterocycles. The Morgan fingerprint density at radius 3 is 2.62 bits per heavy atom. The minimum atomic E-state index is -1.29. The van der Waals surface area contributed by atoms with E-state index in [4.69, 9.17) is 10.8 Å². The number of carboxylic acids is 1. The number of aromatic nitrogens is 3. The molecule has 3 rings (SSSR count). The lowest BCUT2D eigenvalue weighted by Crippen LogP contribution is -2.34. The second-order valence-electron chi connectivity index (χ2n) is 5.52. The molecule has 26 heavy (non-hydrogen) atoms. The van der Waals surface area contributed by atoms with Crippen LogP contribution in [0, 0.1) is 0 Å². The number of carbonyl (C=O) groups is 2. The van der Waals surface area contributed by atoms with Crippen LogP contribution in [0.25, 0.3) is 5.65 Å². The molecule has 134 valence electrons. The van der Waals surface area contributed by atoms with Crippen molar-refractivity contribution in [2.75, 3.05) is 12.3 Å². The van der Waals surface area contributed by atoms with Crippen molar-refractivity contribution in [1.82, 2.24) is 19.9 Å². The summed E-state index contributed by atoms with van der Waals surface area (Å²) >= 11 is 0. The van der Waals surface area contributed by atoms with Crippen molar-refractivity contribution in [1.29, 1.82) is 0 Å². The first-order valence-corrected chi connectivity index (χ1v) is 7.54. The standard InChI is InChI=1S/C16H15N5O5/c17-12-9(6-8-4-2-1-3-5-8)13-19-15(25)11(16(26)21(13)20-12)14(24)18-7-10(22)23/h1-5,26H,6-7H2,(H2,17,20)(H,18,24)(H,19,25)(H,22,23). The Kier molecular flexibility index (Phi) is 4.31. The topological polar surface area (TPSA) is 163 Å². The number of carbonyl (C=O) groups excluding carboxylic acids is 1. The third-order valence-electron chi connectivity index (χ3n) is 3.75. The van der Waals surface area contributed by atoms with Gasteiger partial charge in [-0.15, -0.1) is 5.10 Å². The van der Waals surface area contributed by atoms with Crippen molar-refractivity contribution < 1.29 is 19.8 Å². The Bertz CT molecular complexity index is 1050. The molecule has 2 aromatic heterocycles. The summed E-state index contributed by atoms with van der Waals surface area (Å²) in [7, 11) is 0. The van der Waals surface area contributed by atoms with Gasteiger partial charge in [-0.25, -0.2) is 0 Å². The molecule has 0 aliphatic heterocycles. The molecule has 3 aromatic rings. The molecular formula is C16H15N5O5. The number of amides is 1. The SMILES string of the molecule is Nc1nn2c(O)c(C(=O)NCC(=O)O)c(=O)[nH]c2c1Cc1ccccc1. The molecular weight excluding hydrogens is 342 g/mol. The van der Waals surface area contributed by atoms with E-state index in [1.807, 2.05) is 35.6 Å². The number of aromatic hydroxyl groups is 1. The van der Waals surface area contributed by atoms with E-state index in [9.17, 15) is 19.5 Å². The van der Waals surface area contributed by atoms with Crippen LogP contribution in [0.2, 0.25) is 0 Å². The van der Waals surface area contributed by atoms with Crippen molar-refractivity contribution in [3.8, 4) is 5.88 Å². The number of H-pyrrole nitrogens is 1. The molecule has 0 fully saturated rings. The summed E-state index contributed by atoms with van der Waals surface area (Å²) in [6.45, 7) is -0.698. The first-order chi connectivity index (χ1) is 12.4. The van der Waals surface area contributed by atoms with Crippen LogP contribution in [0.5, 0.6) is 5.88 Å². The number of carboxylic acid groups (broad SMARTS) is 1. The highest BCUT2D eigenvalue weighted by molar-refractivity contribution is 5.97. The Morgan fingerprint density at radius 1 is 1.27 bits per heavy atom. The molecule has 0 unspecified atom stereocenters. The van der Waals surface area contributed by atoms with Crippen molar-refractivity contribution in [2.24, 2.45) is 0 Å². The van der Waals surface area contributed by atoms with Crippen LogP contribution in [0.1, 0.15) is 21.5 Å². The van der Waals surface area contributed by atoms with E-state index in [0.29, 0.717) is 12.0 Å². The number of nitrogens with zero attached hydrogens (tertiary/aromatic N) is 2. The summed E-state index contributed by atoms with van der Waals surface area (Å²) < 4.78 is 0.949. The molecule has 0 saturated carbocycles. The number of rotatable bonds is 5. The Hall–Kier alpha value is -3.82. The van der Waals surface area contributed by atoms with Gasteiger partial charge in [-0.2, -0.15) is 4.52 Å². The number of fused-ring (bicyclic) bond motifs is 1. The van der Waals surface area contributed by atoms with Crippen molar-refractivity contribution in [3.63, 3.8) is 0 Å². The highest BCUT2D eigenvalue weighted by Gasteiger charge is 2.23. The maximum absolute atomic E-state index is 12.2. The fourth-order valence-corrected chi connectivity index (χ4v) is 2.55. The largest absolute Gasteiger partial charge is 0.492 e. The summed E-state index contributed by atoms with van der Waals surface area (Å²) in [6, 6.07) is 9.30. The maximum atomic E-state index is 12.2. The predicted octanol–water partition coefficient (Wildman–Crippen LogP) is -0.284. The molecule has 10 heteroatoms. The fourth-order valence-electron chi connectivity index (χ4n) is 2.55. The van der Waals surface area contributed by atoms with E-state index in [1.54, 1.807) is 0 Å². The van der Waals surface area contributed by atoms with Gasteiger partial charge in [-0.3, -0.25) is 14.4 Å². The van der Waals surface area contributed by atoms with Crippen molar-refractivity contribution in [3.05, 3.63) is 57.4 Å². The maximum Gasteiger partial charge on any atom is 0.322 e. The third kappa shape index (κ3) is 3.07. The normalized spacial score (nSPS) is 10.8. The molecule has 0 atom stereocenters. The number of aromatic amines is 1. The van der Waals surface area contributed by atoms with Crippen LogP contribution < -0.4 is 16.6 Å². The number of nitrogen functional groups attached to an aromatic ring is 1. The number of benzene rings is 1. The second kappa shape index (κ2) is 6.59. The van der Waals surface area contributed by atoms with E-state index in [1.165, 1.54) is 0 Å². The van der Waals surface area contributed by atoms with E-state index in [-0.39, 0.29) is 11.5 Å². The smallest absolute Gasteiger partial charge is 0.322 e. The van der Waals surface area contributed by atoms with Crippen molar-refractivity contribution >= 4 is 23.3 Å². The molecule has 6 N–H and O–H groups in total. The lowest BCUT2D eigenvalue weighted by molar-refractivity contribution is -0.135. The van der Waals surface area contributed by atoms with Gasteiger partial charge in [-0.05, 0) is 5.56 Å². The average molecular weight is 357 g/mol. The zero-order valence-electron chi connectivity index (χ0n) is 13.4. The molecule has 0 aliphatic rings. The third-order valence-corrected chi connectivity index (χ3v) is 3.75. The quantitative estimate of drug-likeness (QED) is 0.419. The number of hydrogen-bond acceptors (Lipinski definition) is 6. The van der Waals surface area contributed by atoms with Crippen molar-refractivity contribution in [2.45, 2.75) is 6.42 Å². The number of anilines is 1. The first-order valence-electron chi connectivity index (χ1n) is 7.54. The molecule has 1 aromatic carbocycles. The van der Waals surface area contributed by atoms with Crippen LogP contribution >= 0.6 is 0 Å². The summed E-state index contributed by atoms with van der Waals surface area (Å²) in [5, 5.41) is 24.9. The lowest BCUT2D eigenvalue weighted by Gasteiger charge is -2.06. The van der Waals surface area contributed by atoms with Gasteiger partial charge in [0.1, 0.15) is 12.2 Å². The molecule has 10 nitrogen and oxygen atoms in total. The Balaban J connectivity index is 2.07. The Labute approximate surface area is 145 Å². The predicted molar refractivity (Wildman–Crippen MR) is 91.1 cm³/mol. The van der Waals surface area contributed by atoms with Gasteiger partial charge in [0, 0.05) is 12.0 Å². The summed E-state index contributed by atoms with van der Waals surface area (Å²) in [5.74, 6) is -2.96. The molecule has 1 amide bonds. The van der Waals surface area contributed by atoms with Crippen LogP contribution in [-0.2, 0) is 11.2 Å². The summed E-state index contributed by atoms with van der Waals surface area (Å²) in [6.07, 6.45) is 0.357. The Morgan fingerprint density at radius 2 is 1.96 bits per heavy atom. The second-order valence-corrected chi connectivity index (χ2v) is 5.52. The van der Waals surface area contributed by atoms with E-state index in [0.717, 1.165) is 10.1 Å². The molecule has 0 radical (unpaired) electrons. The van der Waals surface area contributed by atoms with Crippen LogP contribution in [0.15, 0.2) is 35.1 Å². The van der Waals surface area contributed by atoms with Crippen LogP contribution in [0.3, 0.4) is 0 Å².